The van der Waals surface area contributed by atoms with Crippen LogP contribution in [0.4, 0.5) is 4.79 Å². The monoisotopic (exact) mass is 331 g/mol. The fraction of sp³-hybridized carbons (Fsp3) is 0.278. The minimum atomic E-state index is -0.505. The highest BCUT2D eigenvalue weighted by Gasteiger charge is 2.13. The smallest absolute Gasteiger partial charge is 0.412 e. The fourth-order valence-corrected chi connectivity index (χ4v) is 2.58. The van der Waals surface area contributed by atoms with E-state index in [9.17, 15) is 4.79 Å². The Kier molecular flexibility index (Phi) is 5.93. The topological polar surface area (TPSA) is 47.6 Å². The number of nitrogens with one attached hydrogen (secondary N) is 1. The van der Waals surface area contributed by atoms with Crippen molar-refractivity contribution in [1.82, 2.24) is 5.32 Å². The van der Waals surface area contributed by atoms with E-state index >= 15 is 0 Å². The molecule has 5 heteroatoms. The largest absolute Gasteiger partial charge is 0.488 e. The first kappa shape index (κ1) is 17.2. The number of aryl methyl sites for hydroxylation is 2. The molecule has 1 N–H and O–H groups in total. The van der Waals surface area contributed by atoms with Crippen LogP contribution in [0.15, 0.2) is 36.4 Å². The lowest BCUT2D eigenvalue weighted by molar-refractivity contribution is 0.201. The van der Waals surface area contributed by atoms with Crippen LogP contribution in [0, 0.1) is 13.8 Å². The quantitative estimate of drug-likeness (QED) is 0.813. The van der Waals surface area contributed by atoms with Gasteiger partial charge in [-0.1, -0.05) is 29.8 Å². The second-order valence-electron chi connectivity index (χ2n) is 5.25. The zero-order chi connectivity index (χ0) is 16.8. The van der Waals surface area contributed by atoms with Crippen LogP contribution in [0.5, 0.6) is 11.5 Å². The number of hydrogen-bond donors (Lipinski definition) is 2. The van der Waals surface area contributed by atoms with E-state index in [1.165, 1.54) is 12.6 Å². The number of amides is 1. The molecule has 0 heterocycles. The molecular formula is C18H21NO3S. The van der Waals surface area contributed by atoms with E-state index in [1.807, 2.05) is 38.1 Å². The molecule has 0 unspecified atom stereocenters. The first-order chi connectivity index (χ1) is 11.0. The number of thiol groups is 1. The van der Waals surface area contributed by atoms with Gasteiger partial charge in [0.05, 0.1) is 0 Å². The normalized spacial score (nSPS) is 10.3. The summed E-state index contributed by atoms with van der Waals surface area (Å²) in [7, 11) is 1.52. The van der Waals surface area contributed by atoms with Crippen molar-refractivity contribution in [3.63, 3.8) is 0 Å². The summed E-state index contributed by atoms with van der Waals surface area (Å²) in [6.45, 7) is 4.37. The number of hydrogen-bond acceptors (Lipinski definition) is 4. The molecule has 122 valence electrons. The molecule has 1 amide bonds. The Morgan fingerprint density at radius 3 is 2.61 bits per heavy atom. The van der Waals surface area contributed by atoms with Gasteiger partial charge in [-0.15, -0.1) is 0 Å². The van der Waals surface area contributed by atoms with Gasteiger partial charge in [0.15, 0.2) is 0 Å². The zero-order valence-electron chi connectivity index (χ0n) is 13.6. The van der Waals surface area contributed by atoms with Gasteiger partial charge in [0, 0.05) is 18.4 Å². The minimum Gasteiger partial charge on any atom is -0.488 e. The third-order valence-corrected chi connectivity index (χ3v) is 3.85. The van der Waals surface area contributed by atoms with Crippen molar-refractivity contribution in [3.05, 3.63) is 58.7 Å². The van der Waals surface area contributed by atoms with E-state index in [4.69, 9.17) is 9.47 Å². The van der Waals surface area contributed by atoms with Crippen LogP contribution in [0.1, 0.15) is 22.3 Å². The van der Waals surface area contributed by atoms with Crippen molar-refractivity contribution in [2.75, 3.05) is 7.05 Å². The van der Waals surface area contributed by atoms with Crippen molar-refractivity contribution in [2.24, 2.45) is 0 Å². The summed E-state index contributed by atoms with van der Waals surface area (Å²) in [6, 6.07) is 11.6. The van der Waals surface area contributed by atoms with Gasteiger partial charge in [0.1, 0.15) is 18.1 Å². The van der Waals surface area contributed by atoms with Gasteiger partial charge in [-0.05, 0) is 37.1 Å². The lowest BCUT2D eigenvalue weighted by Crippen LogP contribution is -2.23. The molecule has 4 nitrogen and oxygen atoms in total. The van der Waals surface area contributed by atoms with Gasteiger partial charge >= 0.3 is 6.09 Å². The maximum absolute atomic E-state index is 11.5. The van der Waals surface area contributed by atoms with Crippen molar-refractivity contribution in [1.29, 1.82) is 0 Å². The van der Waals surface area contributed by atoms with Gasteiger partial charge in [-0.25, -0.2) is 4.79 Å². The number of rotatable bonds is 5. The molecule has 0 spiro atoms. The molecule has 2 aromatic rings. The lowest BCUT2D eigenvalue weighted by Gasteiger charge is -2.15. The van der Waals surface area contributed by atoms with Crippen LogP contribution in [0.3, 0.4) is 0 Å². The van der Waals surface area contributed by atoms with E-state index < -0.39 is 6.09 Å². The predicted molar refractivity (Wildman–Crippen MR) is 94.5 cm³/mol. The SMILES string of the molecule is CNC(=O)Oc1cccc(CS)c1COc1ccc(C)cc1C. The first-order valence-corrected chi connectivity index (χ1v) is 7.99. The Morgan fingerprint density at radius 1 is 1.17 bits per heavy atom. The molecule has 0 fully saturated rings. The van der Waals surface area contributed by atoms with Gasteiger partial charge in [0.25, 0.3) is 0 Å². The van der Waals surface area contributed by atoms with Crippen LogP contribution in [-0.4, -0.2) is 13.1 Å². The number of benzene rings is 2. The van der Waals surface area contributed by atoms with Gasteiger partial charge < -0.3 is 14.8 Å². The minimum absolute atomic E-state index is 0.312. The van der Waals surface area contributed by atoms with E-state index in [1.54, 1.807) is 6.07 Å². The third kappa shape index (κ3) is 4.42. The summed E-state index contributed by atoms with van der Waals surface area (Å²) in [5.74, 6) is 1.84. The Morgan fingerprint density at radius 2 is 1.96 bits per heavy atom. The standard InChI is InChI=1S/C18H21NO3S/c1-12-7-8-16(13(2)9-12)21-10-15-14(11-23)5-4-6-17(15)22-18(20)19-3/h4-9,23H,10-11H2,1-3H3,(H,19,20). The Balaban J connectivity index is 2.24. The van der Waals surface area contributed by atoms with Crippen molar-refractivity contribution in [2.45, 2.75) is 26.2 Å². The van der Waals surface area contributed by atoms with E-state index in [0.29, 0.717) is 18.1 Å². The van der Waals surface area contributed by atoms with Crippen molar-refractivity contribution in [3.8, 4) is 11.5 Å². The molecule has 0 bridgehead atoms. The number of carbonyl (C=O) groups is 1. The van der Waals surface area contributed by atoms with Crippen LogP contribution in [-0.2, 0) is 12.4 Å². The lowest BCUT2D eigenvalue weighted by atomic mass is 10.1. The number of ether oxygens (including phenoxy) is 2. The van der Waals surface area contributed by atoms with Gasteiger partial charge in [0.2, 0.25) is 0 Å². The maximum Gasteiger partial charge on any atom is 0.412 e. The average Bonchev–Trinajstić information content (AvgIpc) is 2.54. The summed E-state index contributed by atoms with van der Waals surface area (Å²) in [6.07, 6.45) is -0.505. The molecule has 2 aromatic carbocycles. The Hall–Kier alpha value is -2.14. The predicted octanol–water partition coefficient (Wildman–Crippen LogP) is 4.03. The summed E-state index contributed by atoms with van der Waals surface area (Å²) in [5.41, 5.74) is 4.06. The van der Waals surface area contributed by atoms with Crippen LogP contribution >= 0.6 is 12.6 Å². The maximum atomic E-state index is 11.5. The molecule has 0 aromatic heterocycles. The summed E-state index contributed by atoms with van der Waals surface area (Å²) in [5, 5.41) is 2.45. The molecule has 0 aliphatic carbocycles. The molecular weight excluding hydrogens is 310 g/mol. The highest BCUT2D eigenvalue weighted by atomic mass is 32.1. The molecule has 0 aliphatic rings. The Bertz CT molecular complexity index is 701. The van der Waals surface area contributed by atoms with Crippen LogP contribution in [0.2, 0.25) is 0 Å². The van der Waals surface area contributed by atoms with Crippen LogP contribution < -0.4 is 14.8 Å². The molecule has 0 atom stereocenters. The van der Waals surface area contributed by atoms with E-state index in [2.05, 4.69) is 24.0 Å². The van der Waals surface area contributed by atoms with Gasteiger partial charge in [-0.2, -0.15) is 12.6 Å². The van der Waals surface area contributed by atoms with Crippen molar-refractivity contribution >= 4 is 18.7 Å². The molecule has 0 saturated carbocycles. The summed E-state index contributed by atoms with van der Waals surface area (Å²) < 4.78 is 11.2. The van der Waals surface area contributed by atoms with E-state index in [0.717, 1.165) is 22.4 Å². The van der Waals surface area contributed by atoms with Gasteiger partial charge in [-0.3, -0.25) is 0 Å². The average molecular weight is 331 g/mol. The zero-order valence-corrected chi connectivity index (χ0v) is 14.4. The molecule has 23 heavy (non-hydrogen) atoms. The second kappa shape index (κ2) is 7.92. The highest BCUT2D eigenvalue weighted by molar-refractivity contribution is 7.79. The third-order valence-electron chi connectivity index (χ3n) is 3.51. The van der Waals surface area contributed by atoms with Crippen LogP contribution in [0.25, 0.3) is 0 Å². The molecule has 2 rings (SSSR count). The molecule has 0 radical (unpaired) electrons. The first-order valence-electron chi connectivity index (χ1n) is 7.36. The van der Waals surface area contributed by atoms with E-state index in [-0.39, 0.29) is 0 Å². The molecule has 0 aliphatic heterocycles. The fourth-order valence-electron chi connectivity index (χ4n) is 2.28. The highest BCUT2D eigenvalue weighted by Crippen LogP contribution is 2.27. The molecule has 0 saturated heterocycles. The summed E-state index contributed by atoms with van der Waals surface area (Å²) >= 11 is 4.34. The summed E-state index contributed by atoms with van der Waals surface area (Å²) in [4.78, 5) is 11.5. The second-order valence-corrected chi connectivity index (χ2v) is 5.57. The Labute approximate surface area is 142 Å². The number of carbonyl (C=O) groups excluding carboxylic acids is 1. The van der Waals surface area contributed by atoms with Crippen molar-refractivity contribution < 1.29 is 14.3 Å².